The minimum absolute atomic E-state index is 0.0511. The van der Waals surface area contributed by atoms with Gasteiger partial charge in [-0.3, -0.25) is 0 Å². The quantitative estimate of drug-likeness (QED) is 0.854. The van der Waals surface area contributed by atoms with Crippen LogP contribution in [0.4, 0.5) is 8.78 Å². The Hall–Kier alpha value is -1.00. The maximum absolute atomic E-state index is 13.3. The topological polar surface area (TPSA) is 15.3 Å². The maximum Gasteiger partial charge on any atom is 0.126 e. The van der Waals surface area contributed by atoms with Crippen molar-refractivity contribution < 1.29 is 8.78 Å². The smallest absolute Gasteiger partial charge is 0.126 e. The summed E-state index contributed by atoms with van der Waals surface area (Å²) in [6.45, 7) is 9.71. The highest BCUT2D eigenvalue weighted by atomic mass is 19.1. The molecule has 1 aromatic carbocycles. The van der Waals surface area contributed by atoms with Crippen molar-refractivity contribution in [3.05, 3.63) is 35.4 Å². The summed E-state index contributed by atoms with van der Waals surface area (Å²) >= 11 is 0. The Morgan fingerprint density at radius 2 is 1.67 bits per heavy atom. The minimum atomic E-state index is -0.526. The number of nitrogens with zero attached hydrogens (tertiary/aromatic N) is 1. The first kappa shape index (κ1) is 18.1. The fourth-order valence-corrected chi connectivity index (χ4v) is 2.44. The van der Waals surface area contributed by atoms with E-state index in [4.69, 9.17) is 0 Å². The van der Waals surface area contributed by atoms with Gasteiger partial charge in [0.05, 0.1) is 0 Å². The molecule has 0 spiro atoms. The molecule has 0 fully saturated rings. The van der Waals surface area contributed by atoms with Gasteiger partial charge in [-0.2, -0.15) is 0 Å². The van der Waals surface area contributed by atoms with E-state index in [1.54, 1.807) is 0 Å². The molecular weight excluding hydrogens is 270 g/mol. The van der Waals surface area contributed by atoms with Crippen LogP contribution in [0, 0.1) is 17.0 Å². The molecule has 0 aliphatic rings. The van der Waals surface area contributed by atoms with Crippen molar-refractivity contribution in [2.24, 2.45) is 5.41 Å². The SMILES string of the molecule is CNC(CCN(C)C(C)C(C)(C)C)c1cc(F)cc(F)c1. The number of hydrogen-bond donors (Lipinski definition) is 1. The van der Waals surface area contributed by atoms with E-state index < -0.39 is 11.6 Å². The standard InChI is InChI=1S/C17H28F2N2/c1-12(17(2,3)4)21(6)8-7-16(20-5)13-9-14(18)11-15(19)10-13/h9-12,16,20H,7-8H2,1-6H3. The molecule has 120 valence electrons. The first-order chi connectivity index (χ1) is 9.65. The highest BCUT2D eigenvalue weighted by molar-refractivity contribution is 5.21. The summed E-state index contributed by atoms with van der Waals surface area (Å²) in [5.74, 6) is -1.05. The zero-order chi connectivity index (χ0) is 16.2. The summed E-state index contributed by atoms with van der Waals surface area (Å²) in [5, 5.41) is 3.15. The molecule has 0 saturated heterocycles. The fourth-order valence-electron chi connectivity index (χ4n) is 2.44. The Bertz CT molecular complexity index is 434. The predicted molar refractivity (Wildman–Crippen MR) is 84.3 cm³/mol. The second kappa shape index (κ2) is 7.32. The van der Waals surface area contributed by atoms with E-state index in [1.165, 1.54) is 12.1 Å². The number of halogens is 2. The van der Waals surface area contributed by atoms with Gasteiger partial charge in [0.1, 0.15) is 11.6 Å². The van der Waals surface area contributed by atoms with Gasteiger partial charge in [-0.25, -0.2) is 8.78 Å². The average Bonchev–Trinajstić information content (AvgIpc) is 2.36. The van der Waals surface area contributed by atoms with Crippen molar-refractivity contribution in [1.82, 2.24) is 10.2 Å². The summed E-state index contributed by atoms with van der Waals surface area (Å²) in [4.78, 5) is 2.29. The van der Waals surface area contributed by atoms with E-state index in [2.05, 4.69) is 45.0 Å². The predicted octanol–water partition coefficient (Wildman–Crippen LogP) is 3.98. The molecule has 2 nitrogen and oxygen atoms in total. The molecule has 0 amide bonds. The molecule has 0 saturated carbocycles. The molecule has 1 rings (SSSR count). The van der Waals surface area contributed by atoms with Crippen molar-refractivity contribution >= 4 is 0 Å². The molecule has 0 radical (unpaired) electrons. The van der Waals surface area contributed by atoms with Gasteiger partial charge in [0.2, 0.25) is 0 Å². The van der Waals surface area contributed by atoms with Crippen molar-refractivity contribution in [3.63, 3.8) is 0 Å². The van der Waals surface area contributed by atoms with Gasteiger partial charge in [0.15, 0.2) is 0 Å². The van der Waals surface area contributed by atoms with Gasteiger partial charge in [0, 0.05) is 18.2 Å². The van der Waals surface area contributed by atoms with Gasteiger partial charge >= 0.3 is 0 Å². The Balaban J connectivity index is 2.71. The van der Waals surface area contributed by atoms with Crippen molar-refractivity contribution in [2.45, 2.75) is 46.2 Å². The molecular formula is C17H28F2N2. The van der Waals surface area contributed by atoms with Gasteiger partial charge in [-0.1, -0.05) is 20.8 Å². The van der Waals surface area contributed by atoms with E-state index in [9.17, 15) is 8.78 Å². The van der Waals surface area contributed by atoms with E-state index in [0.29, 0.717) is 11.6 Å². The van der Waals surface area contributed by atoms with Crippen LogP contribution < -0.4 is 5.32 Å². The van der Waals surface area contributed by atoms with Gasteiger partial charge < -0.3 is 10.2 Å². The summed E-state index contributed by atoms with van der Waals surface area (Å²) < 4.78 is 26.7. The molecule has 1 N–H and O–H groups in total. The second-order valence-electron chi connectivity index (χ2n) is 6.86. The molecule has 21 heavy (non-hydrogen) atoms. The van der Waals surface area contributed by atoms with E-state index in [1.807, 2.05) is 7.05 Å². The van der Waals surface area contributed by atoms with Crippen LogP contribution in [0.3, 0.4) is 0 Å². The first-order valence-electron chi connectivity index (χ1n) is 7.48. The fraction of sp³-hybridized carbons (Fsp3) is 0.647. The largest absolute Gasteiger partial charge is 0.313 e. The monoisotopic (exact) mass is 298 g/mol. The number of rotatable bonds is 6. The molecule has 0 aromatic heterocycles. The molecule has 2 atom stereocenters. The Morgan fingerprint density at radius 1 is 1.14 bits per heavy atom. The summed E-state index contributed by atoms with van der Waals surface area (Å²) in [7, 11) is 3.91. The Kier molecular flexibility index (Phi) is 6.29. The van der Waals surface area contributed by atoms with Crippen LogP contribution in [0.1, 0.15) is 45.7 Å². The number of nitrogens with one attached hydrogen (secondary N) is 1. The third-order valence-electron chi connectivity index (χ3n) is 4.32. The van der Waals surface area contributed by atoms with Crippen molar-refractivity contribution in [2.75, 3.05) is 20.6 Å². The zero-order valence-electron chi connectivity index (χ0n) is 14.0. The number of benzene rings is 1. The lowest BCUT2D eigenvalue weighted by atomic mass is 9.87. The summed E-state index contributed by atoms with van der Waals surface area (Å²) in [6.07, 6.45) is 0.802. The molecule has 1 aromatic rings. The van der Waals surface area contributed by atoms with Crippen LogP contribution in [0.25, 0.3) is 0 Å². The first-order valence-corrected chi connectivity index (χ1v) is 7.48. The van der Waals surface area contributed by atoms with Crippen LogP contribution in [0.5, 0.6) is 0 Å². The van der Waals surface area contributed by atoms with Crippen LogP contribution >= 0.6 is 0 Å². The zero-order valence-corrected chi connectivity index (χ0v) is 14.0. The Morgan fingerprint density at radius 3 is 2.10 bits per heavy atom. The molecule has 0 aliphatic carbocycles. The molecule has 0 heterocycles. The van der Waals surface area contributed by atoms with E-state index in [0.717, 1.165) is 19.0 Å². The Labute approximate surface area is 127 Å². The molecule has 0 bridgehead atoms. The molecule has 2 unspecified atom stereocenters. The lowest BCUT2D eigenvalue weighted by Gasteiger charge is -2.36. The molecule has 0 aliphatic heterocycles. The normalized spacial score (nSPS) is 15.3. The van der Waals surface area contributed by atoms with Crippen LogP contribution in [-0.4, -0.2) is 31.6 Å². The van der Waals surface area contributed by atoms with Gasteiger partial charge in [-0.15, -0.1) is 0 Å². The average molecular weight is 298 g/mol. The minimum Gasteiger partial charge on any atom is -0.313 e. The lowest BCUT2D eigenvalue weighted by Crippen LogP contribution is -2.40. The maximum atomic E-state index is 13.3. The van der Waals surface area contributed by atoms with Crippen LogP contribution in [-0.2, 0) is 0 Å². The second-order valence-corrected chi connectivity index (χ2v) is 6.86. The van der Waals surface area contributed by atoms with Gasteiger partial charge in [-0.05, 0) is 57.1 Å². The van der Waals surface area contributed by atoms with E-state index in [-0.39, 0.29) is 11.5 Å². The molecule has 4 heteroatoms. The summed E-state index contributed by atoms with van der Waals surface area (Å²) in [6, 6.07) is 4.09. The summed E-state index contributed by atoms with van der Waals surface area (Å²) in [5.41, 5.74) is 0.862. The third kappa shape index (κ3) is 5.36. The van der Waals surface area contributed by atoms with Crippen molar-refractivity contribution in [1.29, 1.82) is 0 Å². The van der Waals surface area contributed by atoms with Crippen LogP contribution in [0.2, 0.25) is 0 Å². The lowest BCUT2D eigenvalue weighted by molar-refractivity contribution is 0.136. The highest BCUT2D eigenvalue weighted by Crippen LogP contribution is 2.25. The number of hydrogen-bond acceptors (Lipinski definition) is 2. The van der Waals surface area contributed by atoms with Gasteiger partial charge in [0.25, 0.3) is 0 Å². The van der Waals surface area contributed by atoms with E-state index >= 15 is 0 Å². The van der Waals surface area contributed by atoms with Crippen LogP contribution in [0.15, 0.2) is 18.2 Å². The highest BCUT2D eigenvalue weighted by Gasteiger charge is 2.24. The van der Waals surface area contributed by atoms with Crippen molar-refractivity contribution in [3.8, 4) is 0 Å². The third-order valence-corrected chi connectivity index (χ3v) is 4.32.